The molecule has 2 aromatic carbocycles. The van der Waals surface area contributed by atoms with Gasteiger partial charge in [-0.3, -0.25) is 4.21 Å². The van der Waals surface area contributed by atoms with E-state index >= 15 is 0 Å². The van der Waals surface area contributed by atoms with Gasteiger partial charge in [-0.05, 0) is 18.2 Å². The lowest BCUT2D eigenvalue weighted by molar-refractivity contribution is 0.682. The Bertz CT molecular complexity index is 794. The normalized spacial score (nSPS) is 12.0. The third kappa shape index (κ3) is 3.59. The van der Waals surface area contributed by atoms with Gasteiger partial charge in [0.2, 0.25) is 0 Å². The molecular weight excluding hydrogens is 316 g/mol. The topological polar surface area (TPSA) is 42.9 Å². The SMILES string of the molecule is O=[S@](Cc1cc(Cl)nc(-c2ccccc2)n1)c1ccccc1. The van der Waals surface area contributed by atoms with Gasteiger partial charge in [-0.1, -0.05) is 60.1 Å². The first-order chi connectivity index (χ1) is 10.7. The molecule has 0 radical (unpaired) electrons. The molecule has 0 aliphatic heterocycles. The molecule has 0 bridgehead atoms. The summed E-state index contributed by atoms with van der Waals surface area (Å²) in [7, 11) is -1.16. The van der Waals surface area contributed by atoms with Gasteiger partial charge in [-0.2, -0.15) is 0 Å². The van der Waals surface area contributed by atoms with Crippen LogP contribution >= 0.6 is 11.6 Å². The standard InChI is InChI=1S/C17H13ClN2OS/c18-16-11-14(12-22(21)15-9-5-2-6-10-15)19-17(20-16)13-7-3-1-4-8-13/h1-11H,12H2/t22-/m1/s1. The van der Waals surface area contributed by atoms with Crippen LogP contribution in [0.2, 0.25) is 5.15 Å². The molecule has 0 unspecified atom stereocenters. The molecular formula is C17H13ClN2OS. The Hall–Kier alpha value is -2.04. The Kier molecular flexibility index (Phi) is 4.61. The van der Waals surface area contributed by atoms with Gasteiger partial charge in [0.15, 0.2) is 5.82 Å². The summed E-state index contributed by atoms with van der Waals surface area (Å²) in [6.45, 7) is 0. The molecule has 0 spiro atoms. The third-order valence-corrected chi connectivity index (χ3v) is 4.61. The van der Waals surface area contributed by atoms with E-state index in [9.17, 15) is 4.21 Å². The minimum Gasteiger partial charge on any atom is -0.254 e. The molecule has 1 heterocycles. The highest BCUT2D eigenvalue weighted by Crippen LogP contribution is 2.19. The number of aromatic nitrogens is 2. The van der Waals surface area contributed by atoms with Crippen LogP contribution in [0.4, 0.5) is 0 Å². The Morgan fingerprint density at radius 1 is 0.909 bits per heavy atom. The van der Waals surface area contributed by atoms with Crippen LogP contribution in [0.1, 0.15) is 5.69 Å². The quantitative estimate of drug-likeness (QED) is 0.677. The van der Waals surface area contributed by atoms with Crippen molar-refractivity contribution >= 4 is 22.4 Å². The van der Waals surface area contributed by atoms with Crippen molar-refractivity contribution in [1.82, 2.24) is 9.97 Å². The van der Waals surface area contributed by atoms with Crippen LogP contribution < -0.4 is 0 Å². The van der Waals surface area contributed by atoms with Crippen molar-refractivity contribution in [3.8, 4) is 11.4 Å². The van der Waals surface area contributed by atoms with Crippen molar-refractivity contribution < 1.29 is 4.21 Å². The van der Waals surface area contributed by atoms with Crippen LogP contribution in [0.25, 0.3) is 11.4 Å². The summed E-state index contributed by atoms with van der Waals surface area (Å²) in [5, 5.41) is 0.355. The number of hydrogen-bond donors (Lipinski definition) is 0. The first-order valence-corrected chi connectivity index (χ1v) is 8.44. The highest BCUT2D eigenvalue weighted by Gasteiger charge is 2.10. The van der Waals surface area contributed by atoms with Crippen molar-refractivity contribution in [1.29, 1.82) is 0 Å². The van der Waals surface area contributed by atoms with Gasteiger partial charge in [-0.15, -0.1) is 0 Å². The Balaban J connectivity index is 1.89. The molecule has 3 rings (SSSR count). The number of nitrogens with zero attached hydrogens (tertiary/aromatic N) is 2. The molecule has 0 saturated carbocycles. The van der Waals surface area contributed by atoms with E-state index < -0.39 is 10.8 Å². The molecule has 0 amide bonds. The third-order valence-electron chi connectivity index (χ3n) is 3.06. The number of halogens is 1. The fraction of sp³-hybridized carbons (Fsp3) is 0.0588. The predicted molar refractivity (Wildman–Crippen MR) is 89.0 cm³/mol. The van der Waals surface area contributed by atoms with E-state index in [1.165, 1.54) is 0 Å². The first kappa shape index (κ1) is 14.9. The van der Waals surface area contributed by atoms with Crippen molar-refractivity contribution in [2.75, 3.05) is 0 Å². The van der Waals surface area contributed by atoms with Crippen LogP contribution in [0.3, 0.4) is 0 Å². The number of rotatable bonds is 4. The molecule has 3 nitrogen and oxygen atoms in total. The van der Waals surface area contributed by atoms with E-state index in [1.807, 2.05) is 60.7 Å². The molecule has 1 atom stereocenters. The van der Waals surface area contributed by atoms with Crippen molar-refractivity contribution in [2.45, 2.75) is 10.6 Å². The molecule has 0 aliphatic rings. The number of benzene rings is 2. The van der Waals surface area contributed by atoms with E-state index in [4.69, 9.17) is 11.6 Å². The van der Waals surface area contributed by atoms with Crippen molar-refractivity contribution in [2.24, 2.45) is 0 Å². The lowest BCUT2D eigenvalue weighted by Crippen LogP contribution is -2.01. The van der Waals surface area contributed by atoms with Crippen LogP contribution in [0.15, 0.2) is 71.6 Å². The fourth-order valence-electron chi connectivity index (χ4n) is 2.04. The lowest BCUT2D eigenvalue weighted by atomic mass is 10.2. The van der Waals surface area contributed by atoms with E-state index in [0.717, 1.165) is 10.5 Å². The van der Waals surface area contributed by atoms with Crippen LogP contribution in [0, 0.1) is 0 Å². The molecule has 0 saturated heterocycles. The minimum absolute atomic E-state index is 0.312. The Morgan fingerprint density at radius 2 is 1.55 bits per heavy atom. The van der Waals surface area contributed by atoms with Gasteiger partial charge in [-0.25, -0.2) is 9.97 Å². The van der Waals surface area contributed by atoms with E-state index in [2.05, 4.69) is 9.97 Å². The molecule has 0 aliphatic carbocycles. The molecule has 22 heavy (non-hydrogen) atoms. The highest BCUT2D eigenvalue weighted by molar-refractivity contribution is 7.84. The predicted octanol–water partition coefficient (Wildman–Crippen LogP) is 4.10. The second-order valence-electron chi connectivity index (χ2n) is 4.67. The van der Waals surface area contributed by atoms with Gasteiger partial charge < -0.3 is 0 Å². The number of hydrogen-bond acceptors (Lipinski definition) is 3. The zero-order valence-corrected chi connectivity index (χ0v) is 13.2. The van der Waals surface area contributed by atoms with Crippen LogP contribution in [-0.4, -0.2) is 14.2 Å². The molecule has 1 aromatic heterocycles. The maximum Gasteiger partial charge on any atom is 0.161 e. The minimum atomic E-state index is -1.16. The summed E-state index contributed by atoms with van der Waals surface area (Å²) in [5.41, 5.74) is 1.55. The smallest absolute Gasteiger partial charge is 0.161 e. The summed E-state index contributed by atoms with van der Waals surface area (Å²) in [5.74, 6) is 0.861. The average Bonchev–Trinajstić information content (AvgIpc) is 2.56. The maximum atomic E-state index is 12.4. The fourth-order valence-corrected chi connectivity index (χ4v) is 3.29. The van der Waals surface area contributed by atoms with Gasteiger partial charge in [0.1, 0.15) is 5.15 Å². The van der Waals surface area contributed by atoms with E-state index in [0.29, 0.717) is 22.4 Å². The summed E-state index contributed by atoms with van der Waals surface area (Å²) < 4.78 is 12.4. The maximum absolute atomic E-state index is 12.4. The molecule has 110 valence electrons. The second-order valence-corrected chi connectivity index (χ2v) is 6.51. The second kappa shape index (κ2) is 6.81. The van der Waals surface area contributed by atoms with Crippen LogP contribution in [0.5, 0.6) is 0 Å². The van der Waals surface area contributed by atoms with Gasteiger partial charge in [0, 0.05) is 10.5 Å². The van der Waals surface area contributed by atoms with E-state index in [1.54, 1.807) is 6.07 Å². The molecule has 0 fully saturated rings. The zero-order valence-electron chi connectivity index (χ0n) is 11.6. The molecule has 5 heteroatoms. The molecule has 0 N–H and O–H groups in total. The monoisotopic (exact) mass is 328 g/mol. The average molecular weight is 329 g/mol. The summed E-state index contributed by atoms with van der Waals surface area (Å²) >= 11 is 6.08. The highest BCUT2D eigenvalue weighted by atomic mass is 35.5. The van der Waals surface area contributed by atoms with Gasteiger partial charge in [0.25, 0.3) is 0 Å². The lowest BCUT2D eigenvalue weighted by Gasteiger charge is -2.06. The molecule has 3 aromatic rings. The summed E-state index contributed by atoms with van der Waals surface area (Å²) in [4.78, 5) is 9.50. The Morgan fingerprint density at radius 3 is 2.23 bits per heavy atom. The van der Waals surface area contributed by atoms with Crippen molar-refractivity contribution in [3.05, 3.63) is 77.6 Å². The summed E-state index contributed by atoms with van der Waals surface area (Å²) in [6.07, 6.45) is 0. The first-order valence-electron chi connectivity index (χ1n) is 6.75. The van der Waals surface area contributed by atoms with Gasteiger partial charge >= 0.3 is 0 Å². The van der Waals surface area contributed by atoms with Crippen LogP contribution in [-0.2, 0) is 16.6 Å². The zero-order chi connectivity index (χ0) is 15.4. The van der Waals surface area contributed by atoms with Crippen molar-refractivity contribution in [3.63, 3.8) is 0 Å². The van der Waals surface area contributed by atoms with Gasteiger partial charge in [0.05, 0.1) is 22.2 Å². The largest absolute Gasteiger partial charge is 0.254 e. The Labute approximate surface area is 136 Å². The summed E-state index contributed by atoms with van der Waals surface area (Å²) in [6, 6.07) is 20.6. The van der Waals surface area contributed by atoms with E-state index in [-0.39, 0.29) is 0 Å².